The van der Waals surface area contributed by atoms with Crippen LogP contribution < -0.4 is 10.6 Å². The first-order valence-corrected chi connectivity index (χ1v) is 8.61. The number of nitrogens with one attached hydrogen (secondary N) is 2. The molecule has 7 nitrogen and oxygen atoms in total. The van der Waals surface area contributed by atoms with Crippen LogP contribution in [-0.4, -0.2) is 29.3 Å². The van der Waals surface area contributed by atoms with Crippen LogP contribution in [0.25, 0.3) is 0 Å². The molecule has 0 saturated carbocycles. The fraction of sp³-hybridized carbons (Fsp3) is 0.316. The Morgan fingerprint density at radius 1 is 1.24 bits per heavy atom. The van der Waals surface area contributed by atoms with Gasteiger partial charge in [-0.1, -0.05) is 12.1 Å². The van der Waals surface area contributed by atoms with Gasteiger partial charge in [-0.25, -0.2) is 4.79 Å². The first-order chi connectivity index (χ1) is 13.4. The highest BCUT2D eigenvalue weighted by molar-refractivity contribution is 6.10. The SMILES string of the molecule is Cc1cc(C2(C)NC(=O)N(CC(=O)Nc3ccccc3C(F)(F)F)C2=O)c(C)o1. The second-order valence-corrected chi connectivity index (χ2v) is 6.86. The number of rotatable bonds is 4. The van der Waals surface area contributed by atoms with E-state index >= 15 is 0 Å². The Labute approximate surface area is 163 Å². The van der Waals surface area contributed by atoms with Crippen molar-refractivity contribution in [2.45, 2.75) is 32.5 Å². The summed E-state index contributed by atoms with van der Waals surface area (Å²) in [4.78, 5) is 38.1. The number of hydrogen-bond acceptors (Lipinski definition) is 4. The molecule has 1 saturated heterocycles. The van der Waals surface area contributed by atoms with Crippen LogP contribution in [0.4, 0.5) is 23.7 Å². The second kappa shape index (κ2) is 6.94. The van der Waals surface area contributed by atoms with Crippen LogP contribution in [0.1, 0.15) is 29.6 Å². The van der Waals surface area contributed by atoms with Gasteiger partial charge in [-0.15, -0.1) is 0 Å². The van der Waals surface area contributed by atoms with Crippen molar-refractivity contribution in [3.8, 4) is 0 Å². The number of carbonyl (C=O) groups excluding carboxylic acids is 3. The van der Waals surface area contributed by atoms with Crippen LogP contribution in [-0.2, 0) is 21.3 Å². The van der Waals surface area contributed by atoms with Gasteiger partial charge in [0.25, 0.3) is 5.91 Å². The highest BCUT2D eigenvalue weighted by atomic mass is 19.4. The number of amides is 4. The van der Waals surface area contributed by atoms with Crippen molar-refractivity contribution >= 4 is 23.5 Å². The molecule has 1 aromatic heterocycles. The number of para-hydroxylation sites is 1. The molecule has 29 heavy (non-hydrogen) atoms. The highest BCUT2D eigenvalue weighted by Crippen LogP contribution is 2.35. The molecule has 154 valence electrons. The molecule has 1 aliphatic heterocycles. The van der Waals surface area contributed by atoms with Gasteiger partial charge in [-0.05, 0) is 39.0 Å². The first kappa shape index (κ1) is 20.4. The molecule has 4 amide bonds. The minimum atomic E-state index is -4.67. The summed E-state index contributed by atoms with van der Waals surface area (Å²) in [5.41, 5.74) is -2.48. The van der Waals surface area contributed by atoms with Gasteiger partial charge in [-0.3, -0.25) is 14.5 Å². The quantitative estimate of drug-likeness (QED) is 0.758. The van der Waals surface area contributed by atoms with E-state index in [1.807, 2.05) is 0 Å². The van der Waals surface area contributed by atoms with Crippen molar-refractivity contribution in [3.63, 3.8) is 0 Å². The number of urea groups is 1. The van der Waals surface area contributed by atoms with Gasteiger partial charge in [-0.2, -0.15) is 13.2 Å². The van der Waals surface area contributed by atoms with E-state index in [0.717, 1.165) is 12.1 Å². The number of anilines is 1. The van der Waals surface area contributed by atoms with Gasteiger partial charge in [0.15, 0.2) is 0 Å². The topological polar surface area (TPSA) is 91.7 Å². The lowest BCUT2D eigenvalue weighted by molar-refractivity contribution is -0.137. The fourth-order valence-corrected chi connectivity index (χ4v) is 3.32. The number of furan rings is 1. The zero-order valence-corrected chi connectivity index (χ0v) is 15.8. The summed E-state index contributed by atoms with van der Waals surface area (Å²) >= 11 is 0. The van der Waals surface area contributed by atoms with Gasteiger partial charge in [0.1, 0.15) is 23.6 Å². The lowest BCUT2D eigenvalue weighted by Crippen LogP contribution is -2.42. The molecule has 2 aromatic rings. The van der Waals surface area contributed by atoms with E-state index in [1.165, 1.54) is 19.1 Å². The number of halogens is 3. The molecule has 1 unspecified atom stereocenters. The number of aryl methyl sites for hydroxylation is 2. The van der Waals surface area contributed by atoms with Gasteiger partial charge in [0, 0.05) is 5.56 Å². The molecular formula is C19H18F3N3O4. The molecule has 1 fully saturated rings. The van der Waals surface area contributed by atoms with Gasteiger partial charge < -0.3 is 15.1 Å². The molecule has 3 rings (SSSR count). The fourth-order valence-electron chi connectivity index (χ4n) is 3.32. The van der Waals surface area contributed by atoms with Crippen LogP contribution in [0, 0.1) is 13.8 Å². The van der Waals surface area contributed by atoms with E-state index in [1.54, 1.807) is 19.9 Å². The van der Waals surface area contributed by atoms with Crippen LogP contribution in [0.2, 0.25) is 0 Å². The highest BCUT2D eigenvalue weighted by Gasteiger charge is 2.51. The number of nitrogens with zero attached hydrogens (tertiary/aromatic N) is 1. The molecule has 1 aromatic carbocycles. The summed E-state index contributed by atoms with van der Waals surface area (Å²) in [7, 11) is 0. The molecule has 1 atom stereocenters. The predicted molar refractivity (Wildman–Crippen MR) is 95.9 cm³/mol. The standard InChI is InChI=1S/C19H18F3N3O4/c1-10-8-13(11(2)29-10)18(3)16(27)25(17(28)24-18)9-15(26)23-14-7-5-4-6-12(14)19(20,21)22/h4-8H,9H2,1-3H3,(H,23,26)(H,24,28). The molecule has 2 heterocycles. The molecule has 2 N–H and O–H groups in total. The number of carbonyl (C=O) groups is 3. The number of benzene rings is 1. The van der Waals surface area contributed by atoms with Crippen molar-refractivity contribution < 1.29 is 32.0 Å². The van der Waals surface area contributed by atoms with Crippen LogP contribution in [0.3, 0.4) is 0 Å². The minimum absolute atomic E-state index is 0.434. The Balaban J connectivity index is 1.79. The van der Waals surface area contributed by atoms with Gasteiger partial charge in [0.05, 0.1) is 11.3 Å². The van der Waals surface area contributed by atoms with Crippen LogP contribution in [0.5, 0.6) is 0 Å². The van der Waals surface area contributed by atoms with Crippen molar-refractivity contribution in [2.75, 3.05) is 11.9 Å². The molecule has 0 bridgehead atoms. The number of alkyl halides is 3. The summed E-state index contributed by atoms with van der Waals surface area (Å²) in [5, 5.41) is 4.64. The van der Waals surface area contributed by atoms with E-state index in [0.29, 0.717) is 22.0 Å². The molecule has 1 aliphatic rings. The van der Waals surface area contributed by atoms with E-state index in [2.05, 4.69) is 10.6 Å². The smallest absolute Gasteiger partial charge is 0.418 e. The van der Waals surface area contributed by atoms with Gasteiger partial charge in [0.2, 0.25) is 5.91 Å². The maximum atomic E-state index is 13.1. The maximum absolute atomic E-state index is 13.1. The third-order valence-electron chi connectivity index (χ3n) is 4.66. The Morgan fingerprint density at radius 2 is 1.90 bits per heavy atom. The Hall–Kier alpha value is -3.30. The van der Waals surface area contributed by atoms with Crippen LogP contribution >= 0.6 is 0 Å². The predicted octanol–water partition coefficient (Wildman–Crippen LogP) is 3.32. The summed E-state index contributed by atoms with van der Waals surface area (Å²) in [6, 6.07) is 5.22. The van der Waals surface area contributed by atoms with E-state index in [9.17, 15) is 27.6 Å². The summed E-state index contributed by atoms with van der Waals surface area (Å²) < 4.78 is 44.6. The summed E-state index contributed by atoms with van der Waals surface area (Å²) in [6.45, 7) is 4.06. The summed E-state index contributed by atoms with van der Waals surface area (Å²) in [5.74, 6) is -0.662. The largest absolute Gasteiger partial charge is 0.466 e. The molecule has 0 radical (unpaired) electrons. The Kier molecular flexibility index (Phi) is 4.89. The summed E-state index contributed by atoms with van der Waals surface area (Å²) in [6.07, 6.45) is -4.67. The molecular weight excluding hydrogens is 391 g/mol. The molecule has 0 spiro atoms. The Bertz CT molecular complexity index is 999. The monoisotopic (exact) mass is 409 g/mol. The minimum Gasteiger partial charge on any atom is -0.466 e. The molecule has 0 aliphatic carbocycles. The van der Waals surface area contributed by atoms with Crippen molar-refractivity contribution in [1.82, 2.24) is 10.2 Å². The first-order valence-electron chi connectivity index (χ1n) is 8.61. The van der Waals surface area contributed by atoms with E-state index in [-0.39, 0.29) is 0 Å². The number of imide groups is 1. The third-order valence-corrected chi connectivity index (χ3v) is 4.66. The Morgan fingerprint density at radius 3 is 2.48 bits per heavy atom. The maximum Gasteiger partial charge on any atom is 0.418 e. The van der Waals surface area contributed by atoms with Crippen LogP contribution in [0.15, 0.2) is 34.7 Å². The lowest BCUT2D eigenvalue weighted by Gasteiger charge is -2.21. The van der Waals surface area contributed by atoms with E-state index in [4.69, 9.17) is 4.42 Å². The average Bonchev–Trinajstić information content (AvgIpc) is 3.06. The zero-order valence-electron chi connectivity index (χ0n) is 15.8. The number of hydrogen-bond donors (Lipinski definition) is 2. The third kappa shape index (κ3) is 3.69. The van der Waals surface area contributed by atoms with Crippen molar-refractivity contribution in [2.24, 2.45) is 0 Å². The zero-order chi connectivity index (χ0) is 21.6. The average molecular weight is 409 g/mol. The van der Waals surface area contributed by atoms with Gasteiger partial charge >= 0.3 is 12.2 Å². The molecule has 10 heteroatoms. The van der Waals surface area contributed by atoms with E-state index < -0.39 is 47.4 Å². The second-order valence-electron chi connectivity index (χ2n) is 6.86. The van der Waals surface area contributed by atoms with Crippen molar-refractivity contribution in [1.29, 1.82) is 0 Å². The normalized spacial score (nSPS) is 19.4. The lowest BCUT2D eigenvalue weighted by atomic mass is 9.92. The van der Waals surface area contributed by atoms with Crippen molar-refractivity contribution in [3.05, 3.63) is 53.0 Å².